The Morgan fingerprint density at radius 3 is 2.00 bits per heavy atom. The Morgan fingerprint density at radius 2 is 1.49 bits per heavy atom. The van der Waals surface area contributed by atoms with Crippen LogP contribution >= 0.6 is 7.60 Å². The Balaban J connectivity index is 1.92. The van der Waals surface area contributed by atoms with Crippen molar-refractivity contribution < 1.29 is 41.9 Å². The van der Waals surface area contributed by atoms with E-state index in [9.17, 15) is 23.7 Å². The SMILES string of the molecule is CCOP(=O)(OCC)C(C(=O)OC(C)(C)C)N1C(=O)[C@@H](n2c(-c3ccccc3)c(-c3ccccc3)oc2=O)[C@H]1CCC(=O)OC. The van der Waals surface area contributed by atoms with Crippen LogP contribution in [0.1, 0.15) is 53.5 Å². The van der Waals surface area contributed by atoms with E-state index in [4.69, 9.17) is 22.9 Å². The molecule has 4 rings (SSSR count). The molecular weight excluding hydrogens is 603 g/mol. The number of rotatable bonds is 13. The Hall–Kier alpha value is -3.99. The van der Waals surface area contributed by atoms with E-state index in [1.54, 1.807) is 83.1 Å². The van der Waals surface area contributed by atoms with Gasteiger partial charge in [-0.05, 0) is 41.0 Å². The molecule has 0 spiro atoms. The topological polar surface area (TPSA) is 144 Å². The number of likely N-dealkylation sites (tertiary alicyclic amines) is 1. The third-order valence-corrected chi connectivity index (χ3v) is 9.40. The van der Waals surface area contributed by atoms with Crippen molar-refractivity contribution in [3.05, 3.63) is 71.2 Å². The summed E-state index contributed by atoms with van der Waals surface area (Å²) in [5, 5.41) is 0. The second-order valence-electron chi connectivity index (χ2n) is 11.3. The van der Waals surface area contributed by atoms with Crippen LogP contribution < -0.4 is 5.76 Å². The standard InChI is InChI=1S/C32H39N2O10P/c1-7-41-45(39,42-8-2)29(30(37)44-32(3,4)5)33-23(19-20-24(35)40-6)26(28(33)36)34-25(21-15-11-9-12-16-21)27(43-31(34)38)22-17-13-10-14-18-22/h9-18,23,26,29H,7-8,19-20H2,1-6H3/t23-,26+,29?/m1/s1. The van der Waals surface area contributed by atoms with E-state index in [0.717, 1.165) is 4.90 Å². The van der Waals surface area contributed by atoms with Crippen LogP contribution in [0.2, 0.25) is 0 Å². The van der Waals surface area contributed by atoms with Crippen molar-refractivity contribution in [1.82, 2.24) is 9.47 Å². The molecule has 3 aromatic rings. The van der Waals surface area contributed by atoms with Gasteiger partial charge < -0.3 is 27.8 Å². The Kier molecular flexibility index (Phi) is 10.5. The minimum Gasteiger partial charge on any atom is -0.469 e. The maximum atomic E-state index is 14.3. The first-order valence-electron chi connectivity index (χ1n) is 14.7. The number of esters is 2. The molecule has 3 atom stereocenters. The highest BCUT2D eigenvalue weighted by atomic mass is 31.2. The zero-order valence-corrected chi connectivity index (χ0v) is 27.2. The fourth-order valence-electron chi connectivity index (χ4n) is 5.38. The summed E-state index contributed by atoms with van der Waals surface area (Å²) in [7, 11) is -3.13. The van der Waals surface area contributed by atoms with Crippen LogP contribution in [-0.2, 0) is 37.5 Å². The van der Waals surface area contributed by atoms with Gasteiger partial charge in [0.2, 0.25) is 11.7 Å². The van der Waals surface area contributed by atoms with Crippen LogP contribution in [0.4, 0.5) is 0 Å². The second-order valence-corrected chi connectivity index (χ2v) is 13.4. The molecule has 12 nitrogen and oxygen atoms in total. The Morgan fingerprint density at radius 1 is 0.933 bits per heavy atom. The molecule has 45 heavy (non-hydrogen) atoms. The van der Waals surface area contributed by atoms with Crippen molar-refractivity contribution in [2.24, 2.45) is 0 Å². The van der Waals surface area contributed by atoms with Gasteiger partial charge in [0.05, 0.1) is 32.1 Å². The van der Waals surface area contributed by atoms with Crippen LogP contribution in [0.15, 0.2) is 69.9 Å². The average molecular weight is 643 g/mol. The highest BCUT2D eigenvalue weighted by molar-refractivity contribution is 7.55. The smallest absolute Gasteiger partial charge is 0.420 e. The number of nitrogens with zero attached hydrogens (tertiary/aromatic N) is 2. The summed E-state index contributed by atoms with van der Waals surface area (Å²) >= 11 is 0. The number of aromatic nitrogens is 1. The number of hydrogen-bond donors (Lipinski definition) is 0. The Labute approximate surface area is 261 Å². The molecule has 1 amide bonds. The average Bonchev–Trinajstić information content (AvgIpc) is 3.33. The minimum atomic E-state index is -4.36. The molecule has 1 fully saturated rings. The lowest BCUT2D eigenvalue weighted by molar-refractivity contribution is -0.174. The predicted molar refractivity (Wildman–Crippen MR) is 165 cm³/mol. The predicted octanol–water partition coefficient (Wildman–Crippen LogP) is 5.41. The molecule has 2 aromatic carbocycles. The van der Waals surface area contributed by atoms with E-state index in [-0.39, 0.29) is 31.8 Å². The molecule has 0 aliphatic carbocycles. The van der Waals surface area contributed by atoms with Crippen LogP contribution in [0, 0.1) is 0 Å². The van der Waals surface area contributed by atoms with E-state index >= 15 is 0 Å². The minimum absolute atomic E-state index is 0.0485. The summed E-state index contributed by atoms with van der Waals surface area (Å²) < 4.78 is 42.8. The highest BCUT2D eigenvalue weighted by Gasteiger charge is 2.61. The van der Waals surface area contributed by atoms with Crippen molar-refractivity contribution in [2.45, 2.75) is 70.9 Å². The summed E-state index contributed by atoms with van der Waals surface area (Å²) in [6.07, 6.45) is -0.220. The molecule has 13 heteroatoms. The van der Waals surface area contributed by atoms with Crippen LogP contribution in [0.5, 0.6) is 0 Å². The van der Waals surface area contributed by atoms with E-state index in [1.807, 2.05) is 12.1 Å². The van der Waals surface area contributed by atoms with Crippen LogP contribution in [-0.4, -0.2) is 65.1 Å². The summed E-state index contributed by atoms with van der Waals surface area (Å²) in [6.45, 7) is 7.87. The van der Waals surface area contributed by atoms with Crippen molar-refractivity contribution >= 4 is 25.4 Å². The number of carbonyl (C=O) groups excluding carboxylic acids is 3. The van der Waals surface area contributed by atoms with Gasteiger partial charge in [0, 0.05) is 17.5 Å². The van der Waals surface area contributed by atoms with Gasteiger partial charge in [-0.25, -0.2) is 9.59 Å². The van der Waals surface area contributed by atoms with Gasteiger partial charge in [0.15, 0.2) is 5.76 Å². The van der Waals surface area contributed by atoms with Gasteiger partial charge in [-0.15, -0.1) is 0 Å². The number of ether oxygens (including phenoxy) is 2. The quantitative estimate of drug-likeness (QED) is 0.135. The van der Waals surface area contributed by atoms with E-state index in [2.05, 4.69) is 0 Å². The fourth-order valence-corrected chi connectivity index (χ4v) is 7.35. The van der Waals surface area contributed by atoms with Gasteiger partial charge in [0.25, 0.3) is 0 Å². The number of methoxy groups -OCH3 is 1. The molecule has 242 valence electrons. The molecule has 0 radical (unpaired) electrons. The van der Waals surface area contributed by atoms with Crippen LogP contribution in [0.25, 0.3) is 22.6 Å². The number of oxazole rings is 1. The normalized spacial score (nSPS) is 17.5. The molecule has 0 N–H and O–H groups in total. The first-order chi connectivity index (χ1) is 21.4. The van der Waals surface area contributed by atoms with Gasteiger partial charge in [-0.2, -0.15) is 0 Å². The largest absolute Gasteiger partial charge is 0.469 e. The molecule has 1 unspecified atom stereocenters. The molecule has 1 aromatic heterocycles. The molecule has 1 saturated heterocycles. The number of amides is 1. The maximum Gasteiger partial charge on any atom is 0.420 e. The molecule has 1 aliphatic rings. The first kappa shape index (κ1) is 33.9. The van der Waals surface area contributed by atoms with Gasteiger partial charge in [0.1, 0.15) is 11.6 Å². The van der Waals surface area contributed by atoms with Gasteiger partial charge in [-0.3, -0.25) is 18.7 Å². The van der Waals surface area contributed by atoms with E-state index in [1.165, 1.54) is 11.7 Å². The molecule has 1 aliphatic heterocycles. The molecule has 0 bridgehead atoms. The summed E-state index contributed by atoms with van der Waals surface area (Å²) in [4.78, 5) is 55.1. The third-order valence-electron chi connectivity index (χ3n) is 7.10. The van der Waals surface area contributed by atoms with E-state index in [0.29, 0.717) is 16.8 Å². The highest BCUT2D eigenvalue weighted by Crippen LogP contribution is 2.58. The first-order valence-corrected chi connectivity index (χ1v) is 16.3. The number of β-lactam (4-membered cyclic amide) rings is 1. The number of benzene rings is 2. The van der Waals surface area contributed by atoms with Crippen molar-refractivity contribution in [3.63, 3.8) is 0 Å². The molecular formula is C32H39N2O10P. The third kappa shape index (κ3) is 7.13. The van der Waals surface area contributed by atoms with Gasteiger partial charge >= 0.3 is 25.3 Å². The summed E-state index contributed by atoms with van der Waals surface area (Å²) in [5.41, 5.74) is 0.517. The lowest BCUT2D eigenvalue weighted by atomic mass is 9.89. The van der Waals surface area contributed by atoms with Crippen molar-refractivity contribution in [1.29, 1.82) is 0 Å². The zero-order valence-electron chi connectivity index (χ0n) is 26.3. The molecule has 0 saturated carbocycles. The fraction of sp³-hybridized carbons (Fsp3) is 0.438. The van der Waals surface area contributed by atoms with Crippen molar-refractivity contribution in [2.75, 3.05) is 20.3 Å². The summed E-state index contributed by atoms with van der Waals surface area (Å²) in [5.74, 6) is -4.69. The van der Waals surface area contributed by atoms with Crippen LogP contribution in [0.3, 0.4) is 0 Å². The second kappa shape index (κ2) is 14.0. The molecule has 2 heterocycles. The van der Waals surface area contributed by atoms with Crippen molar-refractivity contribution in [3.8, 4) is 22.6 Å². The van der Waals surface area contributed by atoms with Gasteiger partial charge in [-0.1, -0.05) is 60.7 Å². The zero-order chi connectivity index (χ0) is 32.9. The summed E-state index contributed by atoms with van der Waals surface area (Å²) in [6, 6.07) is 15.7. The van der Waals surface area contributed by atoms with E-state index < -0.39 is 54.7 Å². The number of carbonyl (C=O) groups is 3. The lowest BCUT2D eigenvalue weighted by Gasteiger charge is -2.51. The Bertz CT molecular complexity index is 1600. The lowest BCUT2D eigenvalue weighted by Crippen LogP contribution is -2.67. The monoisotopic (exact) mass is 642 g/mol. The number of hydrogen-bond acceptors (Lipinski definition) is 10. The maximum absolute atomic E-state index is 14.3.